The van der Waals surface area contributed by atoms with Gasteiger partial charge < -0.3 is 24.7 Å². The Labute approximate surface area is 90.4 Å². The molecule has 12 heavy (non-hydrogen) atoms. The third kappa shape index (κ3) is 7.89. The zero-order chi connectivity index (χ0) is 9.28. The minimum atomic E-state index is -4.79. The van der Waals surface area contributed by atoms with E-state index in [1.54, 1.807) is 0 Å². The monoisotopic (exact) mass is 229 g/mol. The van der Waals surface area contributed by atoms with Crippen LogP contribution in [0, 0.1) is 0 Å². The quantitative estimate of drug-likeness (QED) is 0.287. The molecule has 0 amide bonds. The molecule has 0 saturated carbocycles. The van der Waals surface area contributed by atoms with Crippen molar-refractivity contribution in [3.05, 3.63) is 0 Å². The van der Waals surface area contributed by atoms with Gasteiger partial charge in [0.2, 0.25) is 0 Å². The molecule has 0 aliphatic heterocycles. The molecule has 0 heterocycles. The minimum absolute atomic E-state index is 0. The van der Waals surface area contributed by atoms with Crippen molar-refractivity contribution < 1.29 is 33.8 Å². The number of aliphatic hydroxyl groups excluding tert-OH is 1. The molecule has 1 atom stereocenters. The SMILES string of the molecule is O=P(O)(O)CC(O)P(=O)(O)O.[Na]. The van der Waals surface area contributed by atoms with Crippen LogP contribution in [0.25, 0.3) is 0 Å². The van der Waals surface area contributed by atoms with E-state index in [0.717, 1.165) is 0 Å². The van der Waals surface area contributed by atoms with Gasteiger partial charge in [-0.3, -0.25) is 9.13 Å². The topological polar surface area (TPSA) is 135 Å². The van der Waals surface area contributed by atoms with Gasteiger partial charge in [0.15, 0.2) is 5.85 Å². The standard InChI is InChI=1S/C2H8O7P2.Na/c3-2(11(7,8)9)1-10(4,5)6;/h2-3H,1H2,(H2,4,5,6)(H2,7,8,9);. The van der Waals surface area contributed by atoms with Crippen molar-refractivity contribution in [2.75, 3.05) is 6.16 Å². The molecular weight excluding hydrogens is 221 g/mol. The second kappa shape index (κ2) is 5.22. The first-order valence-electron chi connectivity index (χ1n) is 2.41. The van der Waals surface area contributed by atoms with Crippen LogP contribution in [0.4, 0.5) is 0 Å². The number of aliphatic hydroxyl groups is 1. The molecule has 5 N–H and O–H groups in total. The normalized spacial score (nSPS) is 15.1. The predicted molar refractivity (Wildman–Crippen MR) is 40.7 cm³/mol. The Morgan fingerprint density at radius 2 is 1.42 bits per heavy atom. The van der Waals surface area contributed by atoms with Gasteiger partial charge in [0, 0.05) is 29.6 Å². The van der Waals surface area contributed by atoms with Crippen LogP contribution in [-0.4, -0.2) is 66.2 Å². The second-order valence-electron chi connectivity index (χ2n) is 1.92. The molecule has 0 aliphatic carbocycles. The summed E-state index contributed by atoms with van der Waals surface area (Å²) < 4.78 is 20.2. The van der Waals surface area contributed by atoms with Gasteiger partial charge in [-0.1, -0.05) is 0 Å². The molecule has 0 bridgehead atoms. The molecule has 10 heteroatoms. The Kier molecular flexibility index (Phi) is 6.84. The first-order chi connectivity index (χ1) is 4.63. The molecule has 0 aromatic heterocycles. The van der Waals surface area contributed by atoms with Crippen LogP contribution in [-0.2, 0) is 9.13 Å². The fraction of sp³-hybridized carbons (Fsp3) is 1.00. The summed E-state index contributed by atoms with van der Waals surface area (Å²) in [5.41, 5.74) is 0. The minimum Gasteiger partial charge on any atom is -0.380 e. The van der Waals surface area contributed by atoms with Gasteiger partial charge >= 0.3 is 15.2 Å². The maximum atomic E-state index is 10.1. The van der Waals surface area contributed by atoms with Crippen LogP contribution in [0.1, 0.15) is 0 Å². The summed E-state index contributed by atoms with van der Waals surface area (Å²) in [4.78, 5) is 32.7. The van der Waals surface area contributed by atoms with Gasteiger partial charge in [-0.15, -0.1) is 0 Å². The summed E-state index contributed by atoms with van der Waals surface area (Å²) in [6.07, 6.45) is -1.22. The zero-order valence-electron chi connectivity index (χ0n) is 6.23. The number of rotatable bonds is 3. The molecule has 0 spiro atoms. The summed E-state index contributed by atoms with van der Waals surface area (Å²) >= 11 is 0. The largest absolute Gasteiger partial charge is 0.380 e. The van der Waals surface area contributed by atoms with E-state index in [4.69, 9.17) is 24.7 Å². The van der Waals surface area contributed by atoms with Crippen molar-refractivity contribution in [2.24, 2.45) is 0 Å². The van der Waals surface area contributed by atoms with Gasteiger partial charge in [0.1, 0.15) is 0 Å². The second-order valence-corrected chi connectivity index (χ2v) is 5.39. The first kappa shape index (κ1) is 15.7. The fourth-order valence-corrected chi connectivity index (χ4v) is 2.23. The van der Waals surface area contributed by atoms with Gasteiger partial charge in [-0.25, -0.2) is 0 Å². The molecule has 7 nitrogen and oxygen atoms in total. The van der Waals surface area contributed by atoms with Crippen LogP contribution < -0.4 is 0 Å². The smallest absolute Gasteiger partial charge is 0.354 e. The van der Waals surface area contributed by atoms with E-state index in [2.05, 4.69) is 0 Å². The van der Waals surface area contributed by atoms with Crippen molar-refractivity contribution in [1.82, 2.24) is 0 Å². The molecule has 69 valence electrons. The molecule has 0 aliphatic rings. The van der Waals surface area contributed by atoms with Gasteiger partial charge in [-0.2, -0.15) is 0 Å². The maximum absolute atomic E-state index is 10.1. The van der Waals surface area contributed by atoms with Crippen LogP contribution in [0.3, 0.4) is 0 Å². The average molecular weight is 229 g/mol. The summed E-state index contributed by atoms with van der Waals surface area (Å²) in [6.45, 7) is 0. The van der Waals surface area contributed by atoms with Gasteiger partial charge in [0.05, 0.1) is 6.16 Å². The van der Waals surface area contributed by atoms with Crippen molar-refractivity contribution in [3.8, 4) is 0 Å². The molecule has 1 radical (unpaired) electrons. The van der Waals surface area contributed by atoms with E-state index < -0.39 is 27.2 Å². The number of hydrogen-bond acceptors (Lipinski definition) is 3. The summed E-state index contributed by atoms with van der Waals surface area (Å²) in [5, 5.41) is 8.47. The average Bonchev–Trinajstić information content (AvgIpc) is 1.56. The van der Waals surface area contributed by atoms with Crippen molar-refractivity contribution in [2.45, 2.75) is 5.85 Å². The maximum Gasteiger partial charge on any atom is 0.354 e. The van der Waals surface area contributed by atoms with E-state index in [0.29, 0.717) is 0 Å². The van der Waals surface area contributed by atoms with Crippen molar-refractivity contribution >= 4 is 44.7 Å². The molecule has 0 fully saturated rings. The third-order valence-electron chi connectivity index (χ3n) is 0.789. The van der Waals surface area contributed by atoms with Crippen molar-refractivity contribution in [3.63, 3.8) is 0 Å². The van der Waals surface area contributed by atoms with E-state index in [-0.39, 0.29) is 29.6 Å². The van der Waals surface area contributed by atoms with Gasteiger partial charge in [-0.05, 0) is 0 Å². The molecular formula is C2H8NaO7P2. The van der Waals surface area contributed by atoms with E-state index in [1.807, 2.05) is 0 Å². The van der Waals surface area contributed by atoms with E-state index in [1.165, 1.54) is 0 Å². The summed E-state index contributed by atoms with van der Waals surface area (Å²) in [6, 6.07) is 0. The molecule has 0 aromatic rings. The predicted octanol–water partition coefficient (Wildman–Crippen LogP) is -1.72. The van der Waals surface area contributed by atoms with Gasteiger partial charge in [0.25, 0.3) is 0 Å². The first-order valence-corrected chi connectivity index (χ1v) is 5.89. The summed E-state index contributed by atoms with van der Waals surface area (Å²) in [7, 11) is -9.35. The molecule has 0 rings (SSSR count). The Morgan fingerprint density at radius 1 is 1.08 bits per heavy atom. The van der Waals surface area contributed by atoms with Crippen molar-refractivity contribution in [1.29, 1.82) is 0 Å². The molecule has 0 saturated heterocycles. The summed E-state index contributed by atoms with van der Waals surface area (Å²) in [5.74, 6) is -2.29. The molecule has 1 unspecified atom stereocenters. The fourth-order valence-electron chi connectivity index (χ4n) is 0.319. The Morgan fingerprint density at radius 3 is 1.50 bits per heavy atom. The van der Waals surface area contributed by atoms with Crippen LogP contribution >= 0.6 is 15.2 Å². The van der Waals surface area contributed by atoms with Crippen LogP contribution in [0.2, 0.25) is 0 Å². The van der Waals surface area contributed by atoms with E-state index in [9.17, 15) is 9.13 Å². The Hall–Kier alpha value is 1.26. The Bertz CT molecular complexity index is 215. The number of hydrogen-bond donors (Lipinski definition) is 5. The molecule has 0 aromatic carbocycles. The zero-order valence-corrected chi connectivity index (χ0v) is 10.0. The van der Waals surface area contributed by atoms with Crippen LogP contribution in [0.5, 0.6) is 0 Å². The third-order valence-corrected chi connectivity index (χ3v) is 2.86. The van der Waals surface area contributed by atoms with Crippen LogP contribution in [0.15, 0.2) is 0 Å². The van der Waals surface area contributed by atoms with E-state index >= 15 is 0 Å². The Balaban J connectivity index is 0.